The van der Waals surface area contributed by atoms with Crippen molar-refractivity contribution in [1.29, 1.82) is 0 Å². The van der Waals surface area contributed by atoms with Crippen LogP contribution in [0.1, 0.15) is 65.9 Å². The van der Waals surface area contributed by atoms with Crippen LogP contribution in [-0.2, 0) is 24.9 Å². The molecule has 2 heterocycles. The average molecular weight is 815 g/mol. The third kappa shape index (κ3) is 8.03. The smallest absolute Gasteiger partial charge is 0.164 e. The average Bonchev–Trinajstić information content (AvgIpc) is 3.38. The summed E-state index contributed by atoms with van der Waals surface area (Å²) < 4.78 is 2.61. The van der Waals surface area contributed by atoms with Crippen LogP contribution >= 0.6 is 11.3 Å². The van der Waals surface area contributed by atoms with E-state index in [-0.39, 0.29) is 43.0 Å². The van der Waals surface area contributed by atoms with Gasteiger partial charge in [0.25, 0.3) is 0 Å². The summed E-state index contributed by atoms with van der Waals surface area (Å²) in [5.74, 6) is 0.437. The molecule has 45 heavy (non-hydrogen) atoms. The van der Waals surface area contributed by atoms with Gasteiger partial charge in [-0.05, 0) is 59.0 Å². The Hall–Kier alpha value is -2.63. The van der Waals surface area contributed by atoms with Crippen molar-refractivity contribution in [2.24, 2.45) is 11.3 Å². The van der Waals surface area contributed by atoms with Gasteiger partial charge in [0.05, 0.1) is 19.3 Å². The molecule has 5 rings (SSSR count). The molecule has 0 saturated carbocycles. The Morgan fingerprint density at radius 2 is 1.56 bits per heavy atom. The Kier molecular flexibility index (Phi) is 12.5. The van der Waals surface area contributed by atoms with Gasteiger partial charge in [0.2, 0.25) is 0 Å². The molecule has 3 aromatic carbocycles. The zero-order valence-corrected chi connectivity index (χ0v) is 32.5. The molecular formula is C39H48IrNO2SSi-. The van der Waals surface area contributed by atoms with Gasteiger partial charge in [-0.2, -0.15) is 11.3 Å². The molecule has 0 unspecified atom stereocenters. The number of nitrogens with zero attached hydrogens (tertiary/aromatic N) is 1. The molecule has 1 N–H and O–H groups in total. The minimum atomic E-state index is -1.53. The summed E-state index contributed by atoms with van der Waals surface area (Å²) in [4.78, 5) is 17.1. The number of allylic oxidation sites excluding steroid dienone is 2. The first-order chi connectivity index (χ1) is 20.9. The van der Waals surface area contributed by atoms with E-state index in [1.165, 1.54) is 36.8 Å². The number of carbonyl (C=O) groups excluding carboxylic acids is 1. The quantitative estimate of drug-likeness (QED) is 0.0698. The number of ketones is 1. The standard InChI is InChI=1S/C25H22NSSi.C14H26O2.Ir/c1-16-13-19-17-9-6-8-12-23(17)27-25(19)20(14-16)22-15-24(28(2,3)4)18-10-5-7-11-21(18)26-22;1-6-11(7-2)12(15)10-13(16)14(5,8-3)9-4;/h5-13,15H,1-4H3;10-11,15H,6-9H2,1-5H3;/q-1;;/b;12-10-;. The van der Waals surface area contributed by atoms with E-state index in [9.17, 15) is 9.90 Å². The molecule has 0 aliphatic carbocycles. The molecule has 3 nitrogen and oxygen atoms in total. The van der Waals surface area contributed by atoms with Crippen molar-refractivity contribution in [3.05, 3.63) is 84.1 Å². The summed E-state index contributed by atoms with van der Waals surface area (Å²) in [7, 11) is -1.53. The van der Waals surface area contributed by atoms with Crippen LogP contribution in [0.25, 0.3) is 42.3 Å². The van der Waals surface area contributed by atoms with Gasteiger partial charge >= 0.3 is 0 Å². The minimum Gasteiger partial charge on any atom is -0.512 e. The number of rotatable bonds is 9. The van der Waals surface area contributed by atoms with Crippen LogP contribution in [0.3, 0.4) is 0 Å². The number of para-hydroxylation sites is 1. The Balaban J connectivity index is 0.000000282. The van der Waals surface area contributed by atoms with E-state index in [1.54, 1.807) is 0 Å². The van der Waals surface area contributed by atoms with Crippen molar-refractivity contribution in [3.63, 3.8) is 0 Å². The van der Waals surface area contributed by atoms with E-state index < -0.39 is 8.07 Å². The Morgan fingerprint density at radius 3 is 2.16 bits per heavy atom. The third-order valence-corrected chi connectivity index (χ3v) is 12.4. The molecule has 0 atom stereocenters. The molecule has 0 fully saturated rings. The van der Waals surface area contributed by atoms with E-state index >= 15 is 0 Å². The van der Waals surface area contributed by atoms with Crippen LogP contribution in [0.15, 0.2) is 72.5 Å². The van der Waals surface area contributed by atoms with Crippen molar-refractivity contribution >= 4 is 61.5 Å². The van der Waals surface area contributed by atoms with E-state index in [1.807, 2.05) is 46.0 Å². The topological polar surface area (TPSA) is 50.2 Å². The zero-order valence-electron chi connectivity index (χ0n) is 28.3. The third-order valence-electron chi connectivity index (χ3n) is 9.16. The van der Waals surface area contributed by atoms with Crippen molar-refractivity contribution in [2.45, 2.75) is 86.9 Å². The number of thiophene rings is 1. The maximum atomic E-state index is 12.0. The van der Waals surface area contributed by atoms with Gasteiger partial charge in [-0.15, -0.1) is 23.3 Å². The minimum absolute atomic E-state index is 0. The molecule has 1 radical (unpaired) electrons. The first kappa shape index (κ1) is 36.8. The molecule has 5 aromatic rings. The summed E-state index contributed by atoms with van der Waals surface area (Å²) in [5.41, 5.74) is 4.12. The van der Waals surface area contributed by atoms with Gasteiger partial charge in [0.15, 0.2) is 5.78 Å². The summed E-state index contributed by atoms with van der Waals surface area (Å²) in [5, 5.41) is 15.3. The number of pyridine rings is 1. The van der Waals surface area contributed by atoms with Crippen LogP contribution in [0.4, 0.5) is 0 Å². The summed E-state index contributed by atoms with van der Waals surface area (Å²) in [6.07, 6.45) is 4.83. The largest absolute Gasteiger partial charge is 0.512 e. The monoisotopic (exact) mass is 815 g/mol. The number of benzene rings is 3. The predicted molar refractivity (Wildman–Crippen MR) is 195 cm³/mol. The van der Waals surface area contributed by atoms with Crippen molar-refractivity contribution in [2.75, 3.05) is 0 Å². The van der Waals surface area contributed by atoms with Crippen molar-refractivity contribution < 1.29 is 30.0 Å². The van der Waals surface area contributed by atoms with E-state index in [4.69, 9.17) is 4.98 Å². The molecule has 2 aromatic heterocycles. The number of carbonyl (C=O) groups is 1. The fraction of sp³-hybridized carbons (Fsp3) is 0.385. The van der Waals surface area contributed by atoms with Crippen LogP contribution in [-0.4, -0.2) is 23.9 Å². The van der Waals surface area contributed by atoms with E-state index in [0.717, 1.165) is 48.0 Å². The van der Waals surface area contributed by atoms with E-state index in [0.29, 0.717) is 0 Å². The number of aryl methyl sites for hydroxylation is 1. The summed E-state index contributed by atoms with van der Waals surface area (Å²) in [6, 6.07) is 25.5. The zero-order chi connectivity index (χ0) is 32.2. The molecule has 0 amide bonds. The maximum Gasteiger partial charge on any atom is 0.164 e. The van der Waals surface area contributed by atoms with Gasteiger partial charge < -0.3 is 5.11 Å². The van der Waals surface area contributed by atoms with Gasteiger partial charge in [-0.25, -0.2) is 0 Å². The first-order valence-electron chi connectivity index (χ1n) is 16.1. The van der Waals surface area contributed by atoms with Crippen LogP contribution < -0.4 is 5.19 Å². The Morgan fingerprint density at radius 1 is 0.956 bits per heavy atom. The number of hydrogen-bond donors (Lipinski definition) is 1. The molecule has 0 spiro atoms. The number of fused-ring (bicyclic) bond motifs is 4. The second-order valence-corrected chi connectivity index (χ2v) is 19.3. The SMILES string of the molecule is CCC(CC)/C(O)=C/C(=O)C(C)(CC)CC.Cc1[c-]c(-c2cc([Si](C)(C)C)c3ccccc3n2)c2sc3ccccc3c2c1.[Ir]. The fourth-order valence-electron chi connectivity index (χ4n) is 5.74. The number of aliphatic hydroxyl groups is 1. The molecule has 0 aliphatic heterocycles. The van der Waals surface area contributed by atoms with Gasteiger partial charge in [-0.3, -0.25) is 9.78 Å². The molecule has 0 saturated heterocycles. The number of aromatic nitrogens is 1. The van der Waals surface area contributed by atoms with Crippen molar-refractivity contribution in [3.8, 4) is 11.3 Å². The van der Waals surface area contributed by atoms with Gasteiger partial charge in [0, 0.05) is 42.2 Å². The second kappa shape index (κ2) is 15.3. The Bertz CT molecular complexity index is 1810. The van der Waals surface area contributed by atoms with Gasteiger partial charge in [0.1, 0.15) is 0 Å². The molecule has 6 heteroatoms. The normalized spacial score (nSPS) is 12.4. The Labute approximate surface area is 288 Å². The summed E-state index contributed by atoms with van der Waals surface area (Å²) >= 11 is 1.85. The molecular weight excluding hydrogens is 767 g/mol. The van der Waals surface area contributed by atoms with E-state index in [2.05, 4.69) is 93.3 Å². The van der Waals surface area contributed by atoms with Crippen molar-refractivity contribution in [1.82, 2.24) is 4.98 Å². The predicted octanol–water partition coefficient (Wildman–Crippen LogP) is 11.2. The van der Waals surface area contributed by atoms with Crippen LogP contribution in [0, 0.1) is 24.3 Å². The van der Waals surface area contributed by atoms with Gasteiger partial charge in [-0.1, -0.05) is 114 Å². The maximum absolute atomic E-state index is 12.0. The fourth-order valence-corrected chi connectivity index (χ4v) is 8.52. The first-order valence-corrected chi connectivity index (χ1v) is 20.4. The molecule has 0 bridgehead atoms. The van der Waals surface area contributed by atoms with Crippen LogP contribution in [0.5, 0.6) is 0 Å². The molecule has 241 valence electrons. The number of hydrogen-bond acceptors (Lipinski definition) is 4. The summed E-state index contributed by atoms with van der Waals surface area (Å²) in [6.45, 7) is 19.4. The van der Waals surface area contributed by atoms with Crippen LogP contribution in [0.2, 0.25) is 19.6 Å². The molecule has 0 aliphatic rings. The second-order valence-electron chi connectivity index (χ2n) is 13.2. The number of aliphatic hydroxyl groups excluding tert-OH is 1.